The third-order valence-electron chi connectivity index (χ3n) is 4.11. The zero-order valence-corrected chi connectivity index (χ0v) is 17.6. The van der Waals surface area contributed by atoms with Crippen molar-refractivity contribution in [3.8, 4) is 22.8 Å². The molecule has 146 valence electrons. The Morgan fingerprint density at radius 1 is 1.21 bits per heavy atom. The fourth-order valence-electron chi connectivity index (χ4n) is 2.57. The maximum absolute atomic E-state index is 12.5. The van der Waals surface area contributed by atoms with Crippen LogP contribution in [0.15, 0.2) is 50.1 Å². The number of benzene rings is 2. The standard InChI is InChI=1S/C20H16BrClO6/c1-20(2,19(24)25)28-17-7-11(15(26-3)8-12(17)21)16-9-14(23)10-5-4-6-13(22)18(10)27-16/h4-9H,1-3H3,(H,24,25). The summed E-state index contributed by atoms with van der Waals surface area (Å²) in [4.78, 5) is 23.9. The molecule has 1 aromatic heterocycles. The Morgan fingerprint density at radius 3 is 2.57 bits per heavy atom. The normalized spacial score (nSPS) is 11.5. The second kappa shape index (κ2) is 7.48. The number of halogens is 2. The molecule has 1 N–H and O–H groups in total. The quantitative estimate of drug-likeness (QED) is 0.560. The van der Waals surface area contributed by atoms with Gasteiger partial charge >= 0.3 is 5.97 Å². The summed E-state index contributed by atoms with van der Waals surface area (Å²) in [6, 6.07) is 9.41. The van der Waals surface area contributed by atoms with E-state index >= 15 is 0 Å². The van der Waals surface area contributed by atoms with Crippen molar-refractivity contribution >= 4 is 44.5 Å². The molecule has 2 aromatic carbocycles. The number of hydrogen-bond donors (Lipinski definition) is 1. The summed E-state index contributed by atoms with van der Waals surface area (Å²) >= 11 is 9.53. The average molecular weight is 468 g/mol. The van der Waals surface area contributed by atoms with Crippen LogP contribution in [-0.4, -0.2) is 23.8 Å². The van der Waals surface area contributed by atoms with Gasteiger partial charge in [-0.3, -0.25) is 4.79 Å². The van der Waals surface area contributed by atoms with Gasteiger partial charge in [0.2, 0.25) is 0 Å². The monoisotopic (exact) mass is 466 g/mol. The predicted molar refractivity (Wildman–Crippen MR) is 110 cm³/mol. The second-order valence-corrected chi connectivity index (χ2v) is 7.75. The fraction of sp³-hybridized carbons (Fsp3) is 0.200. The molecule has 0 saturated heterocycles. The molecule has 0 radical (unpaired) electrons. The Hall–Kier alpha value is -2.51. The van der Waals surface area contributed by atoms with E-state index in [1.165, 1.54) is 27.0 Å². The van der Waals surface area contributed by atoms with Crippen molar-refractivity contribution in [1.82, 2.24) is 0 Å². The van der Waals surface area contributed by atoms with Gasteiger partial charge in [0.1, 0.15) is 17.3 Å². The summed E-state index contributed by atoms with van der Waals surface area (Å²) in [5.74, 6) is -0.249. The third kappa shape index (κ3) is 3.72. The average Bonchev–Trinajstić information content (AvgIpc) is 2.63. The van der Waals surface area contributed by atoms with Crippen LogP contribution >= 0.6 is 27.5 Å². The number of aliphatic carboxylic acids is 1. The van der Waals surface area contributed by atoms with Crippen LogP contribution < -0.4 is 14.9 Å². The maximum Gasteiger partial charge on any atom is 0.347 e. The summed E-state index contributed by atoms with van der Waals surface area (Å²) in [7, 11) is 1.47. The number of fused-ring (bicyclic) bond motifs is 1. The van der Waals surface area contributed by atoms with Crippen molar-refractivity contribution < 1.29 is 23.8 Å². The molecule has 0 spiro atoms. The van der Waals surface area contributed by atoms with Crippen molar-refractivity contribution in [3.63, 3.8) is 0 Å². The van der Waals surface area contributed by atoms with Gasteiger partial charge in [0, 0.05) is 6.07 Å². The van der Waals surface area contributed by atoms with Gasteiger partial charge in [0.15, 0.2) is 16.6 Å². The Morgan fingerprint density at radius 2 is 1.93 bits per heavy atom. The zero-order chi connectivity index (χ0) is 20.6. The van der Waals surface area contributed by atoms with Crippen molar-refractivity contribution in [2.45, 2.75) is 19.4 Å². The third-order valence-corrected chi connectivity index (χ3v) is 5.02. The molecule has 0 aliphatic rings. The van der Waals surface area contributed by atoms with E-state index in [9.17, 15) is 14.7 Å². The van der Waals surface area contributed by atoms with Crippen molar-refractivity contribution in [1.29, 1.82) is 0 Å². The molecule has 0 atom stereocenters. The summed E-state index contributed by atoms with van der Waals surface area (Å²) in [6.45, 7) is 2.86. The van der Waals surface area contributed by atoms with Crippen LogP contribution in [0.4, 0.5) is 0 Å². The van der Waals surface area contributed by atoms with Gasteiger partial charge in [-0.2, -0.15) is 0 Å². The van der Waals surface area contributed by atoms with Crippen molar-refractivity contribution in [2.24, 2.45) is 0 Å². The van der Waals surface area contributed by atoms with E-state index in [1.807, 2.05) is 0 Å². The number of rotatable bonds is 5. The minimum atomic E-state index is -1.47. The summed E-state index contributed by atoms with van der Waals surface area (Å²) in [5.41, 5.74) is -1.06. The lowest BCUT2D eigenvalue weighted by Crippen LogP contribution is -2.38. The molecule has 0 bridgehead atoms. The van der Waals surface area contributed by atoms with E-state index in [4.69, 9.17) is 25.5 Å². The topological polar surface area (TPSA) is 86.0 Å². The first-order valence-corrected chi connectivity index (χ1v) is 9.34. The Labute approximate surface area is 173 Å². The number of para-hydroxylation sites is 1. The maximum atomic E-state index is 12.5. The molecule has 3 rings (SSSR count). The first kappa shape index (κ1) is 20.2. The van der Waals surface area contributed by atoms with Gasteiger partial charge in [0.05, 0.1) is 27.6 Å². The highest BCUT2D eigenvalue weighted by Gasteiger charge is 2.31. The van der Waals surface area contributed by atoms with E-state index in [2.05, 4.69) is 15.9 Å². The molecular weight excluding hydrogens is 452 g/mol. The molecule has 0 unspecified atom stereocenters. The number of carboxylic acid groups (broad SMARTS) is 1. The van der Waals surface area contributed by atoms with Gasteiger partial charge < -0.3 is 19.0 Å². The number of ether oxygens (including phenoxy) is 2. The number of methoxy groups -OCH3 is 1. The minimum absolute atomic E-state index is 0.216. The molecule has 8 heteroatoms. The summed E-state index contributed by atoms with van der Waals surface area (Å²) < 4.78 is 17.4. The van der Waals surface area contributed by atoms with Crippen LogP contribution in [0.3, 0.4) is 0 Å². The minimum Gasteiger partial charge on any atom is -0.496 e. The van der Waals surface area contributed by atoms with Gasteiger partial charge in [-0.15, -0.1) is 0 Å². The number of carboxylic acids is 1. The van der Waals surface area contributed by atoms with E-state index < -0.39 is 11.6 Å². The predicted octanol–water partition coefficient (Wildman–Crippen LogP) is 5.13. The lowest BCUT2D eigenvalue weighted by Gasteiger charge is -2.23. The molecule has 0 saturated carbocycles. The van der Waals surface area contributed by atoms with Gasteiger partial charge in [-0.1, -0.05) is 17.7 Å². The molecule has 28 heavy (non-hydrogen) atoms. The highest BCUT2D eigenvalue weighted by Crippen LogP contribution is 2.40. The smallest absolute Gasteiger partial charge is 0.347 e. The molecule has 0 fully saturated rings. The first-order valence-electron chi connectivity index (χ1n) is 8.16. The lowest BCUT2D eigenvalue weighted by molar-refractivity contribution is -0.152. The van der Waals surface area contributed by atoms with E-state index in [0.717, 1.165) is 0 Å². The molecule has 6 nitrogen and oxygen atoms in total. The van der Waals surface area contributed by atoms with Crippen LogP contribution in [0.1, 0.15) is 13.8 Å². The van der Waals surface area contributed by atoms with Crippen LogP contribution in [0.5, 0.6) is 11.5 Å². The Kier molecular flexibility index (Phi) is 5.41. The van der Waals surface area contributed by atoms with Crippen LogP contribution in [0, 0.1) is 0 Å². The fourth-order valence-corrected chi connectivity index (χ4v) is 3.19. The highest BCUT2D eigenvalue weighted by molar-refractivity contribution is 9.10. The highest BCUT2D eigenvalue weighted by atomic mass is 79.9. The SMILES string of the molecule is COc1cc(Br)c(OC(C)(C)C(=O)O)cc1-c1cc(=O)c2cccc(Cl)c2o1. The van der Waals surface area contributed by atoms with Crippen LogP contribution in [0.25, 0.3) is 22.3 Å². The van der Waals surface area contributed by atoms with E-state index in [0.29, 0.717) is 26.2 Å². The van der Waals surface area contributed by atoms with Crippen LogP contribution in [0.2, 0.25) is 5.02 Å². The largest absolute Gasteiger partial charge is 0.496 e. The number of hydrogen-bond acceptors (Lipinski definition) is 5. The molecular formula is C20H16BrClO6. The van der Waals surface area contributed by atoms with E-state index in [1.54, 1.807) is 30.3 Å². The second-order valence-electron chi connectivity index (χ2n) is 6.49. The van der Waals surface area contributed by atoms with Crippen LogP contribution in [-0.2, 0) is 4.79 Å². The molecule has 0 aliphatic heterocycles. The summed E-state index contributed by atoms with van der Waals surface area (Å²) in [6.07, 6.45) is 0. The molecule has 0 aliphatic carbocycles. The Balaban J connectivity index is 2.22. The lowest BCUT2D eigenvalue weighted by atomic mass is 10.1. The molecule has 3 aromatic rings. The van der Waals surface area contributed by atoms with Gasteiger partial charge in [-0.25, -0.2) is 4.79 Å². The van der Waals surface area contributed by atoms with E-state index in [-0.39, 0.29) is 22.5 Å². The molecule has 1 heterocycles. The first-order chi connectivity index (χ1) is 13.1. The van der Waals surface area contributed by atoms with Crippen molar-refractivity contribution in [2.75, 3.05) is 7.11 Å². The zero-order valence-electron chi connectivity index (χ0n) is 15.2. The summed E-state index contributed by atoms with van der Waals surface area (Å²) in [5, 5.41) is 9.99. The Bertz CT molecular complexity index is 1140. The number of carbonyl (C=O) groups is 1. The van der Waals surface area contributed by atoms with Crippen molar-refractivity contribution in [3.05, 3.63) is 56.1 Å². The van der Waals surface area contributed by atoms with Gasteiger partial charge in [-0.05, 0) is 54.0 Å². The van der Waals surface area contributed by atoms with Gasteiger partial charge in [0.25, 0.3) is 0 Å². The molecule has 0 amide bonds.